The van der Waals surface area contributed by atoms with Gasteiger partial charge in [-0.05, 0) is 6.07 Å². The number of aliphatic carboxylic acids is 1. The van der Waals surface area contributed by atoms with E-state index < -0.39 is 23.5 Å². The summed E-state index contributed by atoms with van der Waals surface area (Å²) >= 11 is 0. The molecule has 1 aromatic rings. The maximum atomic E-state index is 13.0. The molecule has 1 atom stereocenters. The van der Waals surface area contributed by atoms with Gasteiger partial charge in [-0.15, -0.1) is 0 Å². The third-order valence-corrected chi connectivity index (χ3v) is 2.10. The molecule has 0 fully saturated rings. The van der Waals surface area contributed by atoms with Crippen molar-refractivity contribution in [3.05, 3.63) is 29.3 Å². The number of ether oxygens (including phenoxy) is 1. The molecule has 1 aliphatic rings. The van der Waals surface area contributed by atoms with E-state index in [2.05, 4.69) is 0 Å². The van der Waals surface area contributed by atoms with Crippen LogP contribution in [0.15, 0.2) is 12.1 Å². The lowest BCUT2D eigenvalue weighted by Gasteiger charge is -2.02. The molecular weight excluding hydrogens is 194 g/mol. The Labute approximate surface area is 77.9 Å². The van der Waals surface area contributed by atoms with Crippen LogP contribution in [0.1, 0.15) is 11.5 Å². The fourth-order valence-electron chi connectivity index (χ4n) is 1.45. The highest BCUT2D eigenvalue weighted by molar-refractivity contribution is 5.78. The van der Waals surface area contributed by atoms with Gasteiger partial charge in [0.05, 0.1) is 0 Å². The average Bonchev–Trinajstić information content (AvgIpc) is 2.47. The van der Waals surface area contributed by atoms with Crippen molar-refractivity contribution in [3.63, 3.8) is 0 Å². The minimum atomic E-state index is -1.14. The van der Waals surface area contributed by atoms with E-state index >= 15 is 0 Å². The van der Waals surface area contributed by atoms with Gasteiger partial charge < -0.3 is 9.84 Å². The molecule has 1 aliphatic heterocycles. The molecule has 0 saturated carbocycles. The molecule has 0 aliphatic carbocycles. The number of hydrogen-bond acceptors (Lipinski definition) is 2. The number of carbonyl (C=O) groups is 1. The third kappa shape index (κ3) is 1.21. The topological polar surface area (TPSA) is 46.5 Å². The second kappa shape index (κ2) is 2.94. The summed E-state index contributed by atoms with van der Waals surface area (Å²) in [6, 6.07) is 1.66. The summed E-state index contributed by atoms with van der Waals surface area (Å²) in [7, 11) is 0. The van der Waals surface area contributed by atoms with E-state index in [0.717, 1.165) is 6.07 Å². The van der Waals surface area contributed by atoms with Gasteiger partial charge in [0, 0.05) is 11.6 Å². The number of halogens is 2. The molecule has 0 spiro atoms. The Balaban J connectivity index is 2.54. The standard InChI is InChI=1S/C9H6F2O3/c10-4-1-5-6(9(12)13)3-14-8(5)7(11)2-4/h1-2,6H,3H2,(H,12,13). The van der Waals surface area contributed by atoms with Gasteiger partial charge in [0.15, 0.2) is 11.6 Å². The van der Waals surface area contributed by atoms with Crippen LogP contribution in [0.5, 0.6) is 5.75 Å². The van der Waals surface area contributed by atoms with Crippen LogP contribution >= 0.6 is 0 Å². The summed E-state index contributed by atoms with van der Waals surface area (Å²) in [6.45, 7) is -0.148. The summed E-state index contributed by atoms with van der Waals surface area (Å²) < 4.78 is 30.6. The second-order valence-corrected chi connectivity index (χ2v) is 3.01. The Kier molecular flexibility index (Phi) is 1.87. The van der Waals surface area contributed by atoms with Gasteiger partial charge in [0.2, 0.25) is 0 Å². The lowest BCUT2D eigenvalue weighted by Crippen LogP contribution is -2.12. The summed E-state index contributed by atoms with van der Waals surface area (Å²) in [5.74, 6) is -3.93. The number of carboxylic acids is 1. The predicted octanol–water partition coefficient (Wildman–Crippen LogP) is 1.53. The van der Waals surface area contributed by atoms with Crippen LogP contribution in [-0.2, 0) is 4.79 Å². The summed E-state index contributed by atoms with van der Waals surface area (Å²) in [4.78, 5) is 10.7. The van der Waals surface area contributed by atoms with Crippen LogP contribution in [0, 0.1) is 11.6 Å². The van der Waals surface area contributed by atoms with Crippen LogP contribution in [0.4, 0.5) is 8.78 Å². The van der Waals surface area contributed by atoms with Gasteiger partial charge >= 0.3 is 5.97 Å². The molecule has 74 valence electrons. The molecule has 0 bridgehead atoms. The molecule has 0 saturated heterocycles. The Bertz CT molecular complexity index is 403. The van der Waals surface area contributed by atoms with Gasteiger partial charge in [0.25, 0.3) is 0 Å². The average molecular weight is 200 g/mol. The highest BCUT2D eigenvalue weighted by Crippen LogP contribution is 2.36. The summed E-state index contributed by atoms with van der Waals surface area (Å²) in [5, 5.41) is 8.72. The van der Waals surface area contributed by atoms with Crippen molar-refractivity contribution in [2.75, 3.05) is 6.61 Å². The van der Waals surface area contributed by atoms with Gasteiger partial charge in [-0.3, -0.25) is 4.79 Å². The number of hydrogen-bond donors (Lipinski definition) is 1. The Morgan fingerprint density at radius 3 is 2.86 bits per heavy atom. The molecule has 1 N–H and O–H groups in total. The summed E-state index contributed by atoms with van der Waals surface area (Å²) in [5.41, 5.74) is 0.0648. The number of carboxylic acid groups (broad SMARTS) is 1. The fourth-order valence-corrected chi connectivity index (χ4v) is 1.45. The minimum absolute atomic E-state index is 0.0648. The van der Waals surface area contributed by atoms with E-state index in [1.165, 1.54) is 0 Å². The zero-order chi connectivity index (χ0) is 10.3. The number of rotatable bonds is 1. The normalized spacial score (nSPS) is 18.9. The second-order valence-electron chi connectivity index (χ2n) is 3.01. The van der Waals surface area contributed by atoms with Gasteiger partial charge in [-0.25, -0.2) is 8.78 Å². The van der Waals surface area contributed by atoms with Crippen molar-refractivity contribution >= 4 is 5.97 Å². The SMILES string of the molecule is O=C(O)C1COc2c(F)cc(F)cc21. The molecule has 1 heterocycles. The van der Waals surface area contributed by atoms with E-state index in [1.54, 1.807) is 0 Å². The van der Waals surface area contributed by atoms with Crippen molar-refractivity contribution in [2.45, 2.75) is 5.92 Å². The van der Waals surface area contributed by atoms with Crippen molar-refractivity contribution in [2.24, 2.45) is 0 Å². The van der Waals surface area contributed by atoms with Crippen LogP contribution in [0.2, 0.25) is 0 Å². The number of benzene rings is 1. The monoisotopic (exact) mass is 200 g/mol. The predicted molar refractivity (Wildman–Crippen MR) is 42.2 cm³/mol. The molecule has 14 heavy (non-hydrogen) atoms. The first kappa shape index (κ1) is 8.93. The Morgan fingerprint density at radius 2 is 2.21 bits per heavy atom. The van der Waals surface area contributed by atoms with Crippen molar-refractivity contribution < 1.29 is 23.4 Å². The third-order valence-electron chi connectivity index (χ3n) is 2.10. The molecule has 2 rings (SSSR count). The van der Waals surface area contributed by atoms with Crippen LogP contribution < -0.4 is 4.74 Å². The van der Waals surface area contributed by atoms with Crippen LogP contribution in [0.3, 0.4) is 0 Å². The van der Waals surface area contributed by atoms with E-state index in [9.17, 15) is 13.6 Å². The molecule has 1 aromatic carbocycles. The molecule has 5 heteroatoms. The molecule has 0 amide bonds. The lowest BCUT2D eigenvalue weighted by molar-refractivity contribution is -0.138. The molecule has 3 nitrogen and oxygen atoms in total. The van der Waals surface area contributed by atoms with Crippen LogP contribution in [-0.4, -0.2) is 17.7 Å². The smallest absolute Gasteiger partial charge is 0.314 e. The summed E-state index contributed by atoms with van der Waals surface area (Å²) in [6.07, 6.45) is 0. The van der Waals surface area contributed by atoms with E-state index in [4.69, 9.17) is 9.84 Å². The lowest BCUT2D eigenvalue weighted by atomic mass is 10.0. The maximum Gasteiger partial charge on any atom is 0.314 e. The first-order valence-corrected chi connectivity index (χ1v) is 3.94. The van der Waals surface area contributed by atoms with E-state index in [1.807, 2.05) is 0 Å². The maximum absolute atomic E-state index is 13.0. The molecule has 0 aromatic heterocycles. The highest BCUT2D eigenvalue weighted by Gasteiger charge is 2.32. The van der Waals surface area contributed by atoms with Crippen LogP contribution in [0.25, 0.3) is 0 Å². The molecular formula is C9H6F2O3. The van der Waals surface area contributed by atoms with Gasteiger partial charge in [-0.2, -0.15) is 0 Å². The molecule has 1 unspecified atom stereocenters. The number of fused-ring (bicyclic) bond motifs is 1. The first-order chi connectivity index (χ1) is 6.59. The van der Waals surface area contributed by atoms with Gasteiger partial charge in [-0.1, -0.05) is 0 Å². The van der Waals surface area contributed by atoms with Crippen molar-refractivity contribution in [3.8, 4) is 5.75 Å². The largest absolute Gasteiger partial charge is 0.489 e. The van der Waals surface area contributed by atoms with Gasteiger partial charge in [0.1, 0.15) is 18.3 Å². The van der Waals surface area contributed by atoms with Crippen molar-refractivity contribution in [1.82, 2.24) is 0 Å². The van der Waals surface area contributed by atoms with Crippen molar-refractivity contribution in [1.29, 1.82) is 0 Å². The Morgan fingerprint density at radius 1 is 1.50 bits per heavy atom. The van der Waals surface area contributed by atoms with E-state index in [-0.39, 0.29) is 17.9 Å². The zero-order valence-electron chi connectivity index (χ0n) is 6.96. The fraction of sp³-hybridized carbons (Fsp3) is 0.222. The minimum Gasteiger partial charge on any atom is -0.489 e. The Hall–Kier alpha value is -1.65. The highest BCUT2D eigenvalue weighted by atomic mass is 19.1. The first-order valence-electron chi connectivity index (χ1n) is 3.94. The quantitative estimate of drug-likeness (QED) is 0.747. The zero-order valence-corrected chi connectivity index (χ0v) is 6.96. The van der Waals surface area contributed by atoms with E-state index in [0.29, 0.717) is 6.07 Å². The molecule has 0 radical (unpaired) electrons.